The molecule has 4 rings (SSSR count). The average molecular weight is 418 g/mol. The number of carbonyl (C=O) groups excluding carboxylic acids is 2. The van der Waals surface area contributed by atoms with E-state index in [4.69, 9.17) is 9.15 Å². The minimum atomic E-state index is -4.46. The van der Waals surface area contributed by atoms with Crippen molar-refractivity contribution in [2.24, 2.45) is 0 Å². The molecule has 1 atom stereocenters. The fourth-order valence-electron chi connectivity index (χ4n) is 3.32. The van der Waals surface area contributed by atoms with Crippen LogP contribution in [-0.4, -0.2) is 29.6 Å². The standard InChI is InChI=1S/C21H17F3N2O4/c1-20(17-10-14-6-2-3-8-16(14)30-17)18(27)26(19(28)25-20)11-13-5-4-7-15(9-13)29-12-21(22,23)24/h2-10H,11-12H2,1H3,(H,25,28)/t20-/m1/s1. The Hall–Kier alpha value is -3.49. The summed E-state index contributed by atoms with van der Waals surface area (Å²) in [6.07, 6.45) is -4.46. The zero-order valence-corrected chi connectivity index (χ0v) is 15.8. The van der Waals surface area contributed by atoms with Crippen LogP contribution in [0.5, 0.6) is 5.75 Å². The van der Waals surface area contributed by atoms with Crippen molar-refractivity contribution in [3.63, 3.8) is 0 Å². The highest BCUT2D eigenvalue weighted by molar-refractivity contribution is 6.07. The van der Waals surface area contributed by atoms with Crippen molar-refractivity contribution < 1.29 is 31.9 Å². The largest absolute Gasteiger partial charge is 0.484 e. The Bertz CT molecular complexity index is 1090. The molecule has 2 heterocycles. The lowest BCUT2D eigenvalue weighted by Crippen LogP contribution is -2.40. The quantitative estimate of drug-likeness (QED) is 0.626. The lowest BCUT2D eigenvalue weighted by Gasteiger charge is -2.19. The molecule has 1 aliphatic rings. The SMILES string of the molecule is C[C@]1(c2cc3ccccc3o2)NC(=O)N(Cc2cccc(OCC(F)(F)F)c2)C1=O. The summed E-state index contributed by atoms with van der Waals surface area (Å²) in [6, 6.07) is 14.1. The maximum Gasteiger partial charge on any atom is 0.422 e. The molecule has 2 aromatic carbocycles. The van der Waals surface area contributed by atoms with Crippen molar-refractivity contribution in [3.05, 3.63) is 65.9 Å². The maximum absolute atomic E-state index is 13.1. The van der Waals surface area contributed by atoms with E-state index in [1.165, 1.54) is 18.2 Å². The van der Waals surface area contributed by atoms with Crippen LogP contribution in [-0.2, 0) is 16.9 Å². The van der Waals surface area contributed by atoms with Crippen molar-refractivity contribution in [1.82, 2.24) is 10.2 Å². The van der Waals surface area contributed by atoms with Crippen molar-refractivity contribution >= 4 is 22.9 Å². The van der Waals surface area contributed by atoms with Crippen molar-refractivity contribution in [3.8, 4) is 5.75 Å². The first-order valence-electron chi connectivity index (χ1n) is 9.07. The molecular formula is C21H17F3N2O4. The Morgan fingerprint density at radius 2 is 1.87 bits per heavy atom. The summed E-state index contributed by atoms with van der Waals surface area (Å²) in [6.45, 7) is 0.00121. The Balaban J connectivity index is 1.55. The van der Waals surface area contributed by atoms with Crippen LogP contribution in [0, 0.1) is 0 Å². The van der Waals surface area contributed by atoms with E-state index >= 15 is 0 Å². The molecule has 0 radical (unpaired) electrons. The van der Waals surface area contributed by atoms with Gasteiger partial charge >= 0.3 is 12.2 Å². The van der Waals surface area contributed by atoms with Crippen LogP contribution >= 0.6 is 0 Å². The summed E-state index contributed by atoms with van der Waals surface area (Å²) in [7, 11) is 0. The summed E-state index contributed by atoms with van der Waals surface area (Å²) >= 11 is 0. The molecule has 0 unspecified atom stereocenters. The van der Waals surface area contributed by atoms with Gasteiger partial charge in [-0.3, -0.25) is 9.69 Å². The maximum atomic E-state index is 13.1. The monoisotopic (exact) mass is 418 g/mol. The number of nitrogens with zero attached hydrogens (tertiary/aromatic N) is 1. The van der Waals surface area contributed by atoms with Crippen LogP contribution in [0.15, 0.2) is 59.0 Å². The molecule has 1 N–H and O–H groups in total. The third-order valence-corrected chi connectivity index (χ3v) is 4.83. The number of hydrogen-bond acceptors (Lipinski definition) is 4. The van der Waals surface area contributed by atoms with E-state index in [0.29, 0.717) is 16.9 Å². The van der Waals surface area contributed by atoms with Crippen LogP contribution in [0.4, 0.5) is 18.0 Å². The number of alkyl halides is 3. The number of para-hydroxylation sites is 1. The molecule has 1 saturated heterocycles. The average Bonchev–Trinajstić information content (AvgIpc) is 3.22. The van der Waals surface area contributed by atoms with E-state index < -0.39 is 30.3 Å². The second-order valence-corrected chi connectivity index (χ2v) is 7.15. The van der Waals surface area contributed by atoms with Crippen molar-refractivity contribution in [2.45, 2.75) is 25.2 Å². The van der Waals surface area contributed by atoms with Crippen LogP contribution in [0.3, 0.4) is 0 Å². The first-order chi connectivity index (χ1) is 14.2. The number of urea groups is 1. The van der Waals surface area contributed by atoms with Crippen LogP contribution in [0.1, 0.15) is 18.2 Å². The number of fused-ring (bicyclic) bond motifs is 1. The second kappa shape index (κ2) is 7.08. The molecule has 0 saturated carbocycles. The molecule has 1 aromatic heterocycles. The van der Waals surface area contributed by atoms with Crippen LogP contribution in [0.2, 0.25) is 0 Å². The zero-order valence-electron chi connectivity index (χ0n) is 15.8. The topological polar surface area (TPSA) is 71.8 Å². The number of imide groups is 1. The number of furan rings is 1. The summed E-state index contributed by atoms with van der Waals surface area (Å²) in [5, 5.41) is 3.45. The van der Waals surface area contributed by atoms with Gasteiger partial charge in [0.2, 0.25) is 0 Å². The number of rotatable bonds is 5. The summed E-state index contributed by atoms with van der Waals surface area (Å²) < 4.78 is 47.6. The molecule has 30 heavy (non-hydrogen) atoms. The highest BCUT2D eigenvalue weighted by atomic mass is 19.4. The van der Waals surface area contributed by atoms with E-state index in [9.17, 15) is 22.8 Å². The smallest absolute Gasteiger partial charge is 0.422 e. The van der Waals surface area contributed by atoms with Gasteiger partial charge in [-0.2, -0.15) is 13.2 Å². The number of benzene rings is 2. The van der Waals surface area contributed by atoms with Gasteiger partial charge < -0.3 is 14.5 Å². The van der Waals surface area contributed by atoms with Gasteiger partial charge in [0.1, 0.15) is 17.1 Å². The predicted octanol–water partition coefficient (Wildman–Crippen LogP) is 4.34. The highest BCUT2D eigenvalue weighted by Crippen LogP contribution is 2.33. The van der Waals surface area contributed by atoms with Gasteiger partial charge in [0, 0.05) is 5.39 Å². The van der Waals surface area contributed by atoms with Crippen molar-refractivity contribution in [1.29, 1.82) is 0 Å². The summed E-state index contributed by atoms with van der Waals surface area (Å²) in [5.41, 5.74) is -0.351. The van der Waals surface area contributed by atoms with Gasteiger partial charge in [-0.15, -0.1) is 0 Å². The second-order valence-electron chi connectivity index (χ2n) is 7.15. The lowest BCUT2D eigenvalue weighted by molar-refractivity contribution is -0.153. The highest BCUT2D eigenvalue weighted by Gasteiger charge is 2.51. The van der Waals surface area contributed by atoms with Gasteiger partial charge in [-0.25, -0.2) is 4.79 Å². The third kappa shape index (κ3) is 3.70. The number of nitrogens with one attached hydrogen (secondary N) is 1. The molecule has 1 fully saturated rings. The van der Waals surface area contributed by atoms with Crippen molar-refractivity contribution in [2.75, 3.05) is 6.61 Å². The number of halogens is 3. The Morgan fingerprint density at radius 1 is 1.10 bits per heavy atom. The first kappa shape index (κ1) is 19.8. The van der Waals surface area contributed by atoms with E-state index in [1.807, 2.05) is 12.1 Å². The number of carbonyl (C=O) groups is 2. The van der Waals surface area contributed by atoms with Crippen LogP contribution in [0.25, 0.3) is 11.0 Å². The normalized spacial score (nSPS) is 19.4. The van der Waals surface area contributed by atoms with E-state index in [2.05, 4.69) is 5.32 Å². The number of amides is 3. The molecule has 9 heteroatoms. The summed E-state index contributed by atoms with van der Waals surface area (Å²) in [5.74, 6) is -0.225. The first-order valence-corrected chi connectivity index (χ1v) is 9.07. The van der Waals surface area contributed by atoms with Gasteiger partial charge in [-0.05, 0) is 36.8 Å². The van der Waals surface area contributed by atoms with Gasteiger partial charge in [0.25, 0.3) is 5.91 Å². The lowest BCUT2D eigenvalue weighted by atomic mass is 9.98. The van der Waals surface area contributed by atoms with E-state index in [-0.39, 0.29) is 12.3 Å². The van der Waals surface area contributed by atoms with Crippen LogP contribution < -0.4 is 10.1 Å². The molecular weight excluding hydrogens is 401 g/mol. The fraction of sp³-hybridized carbons (Fsp3) is 0.238. The minimum Gasteiger partial charge on any atom is -0.484 e. The van der Waals surface area contributed by atoms with Gasteiger partial charge in [0.15, 0.2) is 12.1 Å². The summed E-state index contributed by atoms with van der Waals surface area (Å²) in [4.78, 5) is 26.6. The molecule has 3 amide bonds. The number of hydrogen-bond donors (Lipinski definition) is 1. The molecule has 0 aliphatic carbocycles. The Morgan fingerprint density at radius 3 is 2.60 bits per heavy atom. The fourth-order valence-corrected chi connectivity index (χ4v) is 3.32. The van der Waals surface area contributed by atoms with Gasteiger partial charge in [0.05, 0.1) is 6.54 Å². The zero-order chi connectivity index (χ0) is 21.5. The predicted molar refractivity (Wildman–Crippen MR) is 101 cm³/mol. The Kier molecular flexibility index (Phi) is 4.68. The number of ether oxygens (including phenoxy) is 1. The molecule has 156 valence electrons. The molecule has 0 spiro atoms. The minimum absolute atomic E-state index is 0.00285. The van der Waals surface area contributed by atoms with E-state index in [1.54, 1.807) is 31.2 Å². The molecule has 3 aromatic rings. The van der Waals surface area contributed by atoms with Gasteiger partial charge in [-0.1, -0.05) is 30.3 Å². The molecule has 0 bridgehead atoms. The van der Waals surface area contributed by atoms with E-state index in [0.717, 1.165) is 10.3 Å². The molecule has 6 nitrogen and oxygen atoms in total. The molecule has 1 aliphatic heterocycles. The third-order valence-electron chi connectivity index (χ3n) is 4.83. The Labute approximate surface area is 169 Å².